The summed E-state index contributed by atoms with van der Waals surface area (Å²) in [4.78, 5) is 0. The summed E-state index contributed by atoms with van der Waals surface area (Å²) in [6.07, 6.45) is 2.49. The van der Waals surface area contributed by atoms with E-state index in [1.165, 1.54) is 0 Å². The number of hydrazone groups is 1. The van der Waals surface area contributed by atoms with E-state index in [9.17, 15) is 0 Å². The maximum atomic E-state index is 5.37. The molecule has 0 radical (unpaired) electrons. The number of nitrogens with one attached hydrogen (secondary N) is 1. The molecule has 2 aromatic carbocycles. The quantitative estimate of drug-likeness (QED) is 0.546. The highest BCUT2D eigenvalue weighted by Crippen LogP contribution is 2.28. The Bertz CT molecular complexity index is 904. The molecule has 0 aliphatic carbocycles. The Hall–Kier alpha value is -3.15. The van der Waals surface area contributed by atoms with Crippen LogP contribution >= 0.6 is 0 Å². The zero-order valence-corrected chi connectivity index (χ0v) is 14.5. The van der Waals surface area contributed by atoms with E-state index < -0.39 is 0 Å². The van der Waals surface area contributed by atoms with Gasteiger partial charge in [-0.3, -0.25) is 5.43 Å². The maximum Gasteiger partial charge on any atom is 0.176 e. The molecule has 0 unspecified atom stereocenters. The van der Waals surface area contributed by atoms with E-state index in [0.717, 1.165) is 28.5 Å². The van der Waals surface area contributed by atoms with E-state index in [-0.39, 0.29) is 0 Å². The van der Waals surface area contributed by atoms with Crippen molar-refractivity contribution in [3.05, 3.63) is 54.2 Å². The van der Waals surface area contributed by atoms with Crippen LogP contribution in [0.25, 0.3) is 10.8 Å². The third kappa shape index (κ3) is 3.52. The van der Waals surface area contributed by atoms with Crippen molar-refractivity contribution in [1.82, 2.24) is 10.2 Å². The third-order valence-corrected chi connectivity index (χ3v) is 3.92. The van der Waals surface area contributed by atoms with Gasteiger partial charge in [0, 0.05) is 16.3 Å². The van der Waals surface area contributed by atoms with Crippen LogP contribution in [-0.4, -0.2) is 30.1 Å². The minimum absolute atomic E-state index is 0.629. The van der Waals surface area contributed by atoms with Crippen molar-refractivity contribution < 1.29 is 9.47 Å². The van der Waals surface area contributed by atoms with Crippen molar-refractivity contribution in [3.8, 4) is 11.5 Å². The fourth-order valence-corrected chi connectivity index (χ4v) is 2.59. The molecule has 0 aliphatic heterocycles. The summed E-state index contributed by atoms with van der Waals surface area (Å²) < 4.78 is 10.7. The van der Waals surface area contributed by atoms with Gasteiger partial charge in [0.25, 0.3) is 0 Å². The molecular weight excluding hydrogens is 316 g/mol. The van der Waals surface area contributed by atoms with Gasteiger partial charge in [-0.2, -0.15) is 10.2 Å². The first-order chi connectivity index (χ1) is 12.3. The van der Waals surface area contributed by atoms with Gasteiger partial charge < -0.3 is 9.47 Å². The number of hydrogen-bond acceptors (Lipinski definition) is 6. The van der Waals surface area contributed by atoms with Crippen LogP contribution in [-0.2, 0) is 0 Å². The minimum atomic E-state index is 0.629. The van der Waals surface area contributed by atoms with Crippen molar-refractivity contribution in [3.63, 3.8) is 0 Å². The van der Waals surface area contributed by atoms with Crippen LogP contribution in [0, 0.1) is 0 Å². The summed E-state index contributed by atoms with van der Waals surface area (Å²) in [5.41, 5.74) is 4.89. The SMILES string of the molecule is CC/C(=N\Nc1nncc2ccccc12)c1ccc(OC)c(OC)c1. The second-order valence-electron chi connectivity index (χ2n) is 5.37. The number of fused-ring (bicyclic) bond motifs is 1. The molecule has 6 heteroatoms. The number of hydrogen-bond donors (Lipinski definition) is 1. The Morgan fingerprint density at radius 3 is 2.64 bits per heavy atom. The highest BCUT2D eigenvalue weighted by Gasteiger charge is 2.09. The number of nitrogens with zero attached hydrogens (tertiary/aromatic N) is 3. The molecule has 0 aliphatic rings. The van der Waals surface area contributed by atoms with Crippen LogP contribution in [0.5, 0.6) is 11.5 Å². The molecule has 3 rings (SSSR count). The number of aromatic nitrogens is 2. The molecule has 0 atom stereocenters. The predicted molar refractivity (Wildman–Crippen MR) is 99.5 cm³/mol. The van der Waals surface area contributed by atoms with Crippen LogP contribution in [0.1, 0.15) is 18.9 Å². The normalized spacial score (nSPS) is 11.4. The van der Waals surface area contributed by atoms with Gasteiger partial charge in [-0.05, 0) is 24.6 Å². The van der Waals surface area contributed by atoms with Gasteiger partial charge in [-0.25, -0.2) is 0 Å². The zero-order valence-electron chi connectivity index (χ0n) is 14.5. The van der Waals surface area contributed by atoms with Crippen molar-refractivity contribution >= 4 is 22.3 Å². The van der Waals surface area contributed by atoms with Gasteiger partial charge in [0.05, 0.1) is 26.1 Å². The van der Waals surface area contributed by atoms with E-state index in [2.05, 4.69) is 20.7 Å². The van der Waals surface area contributed by atoms with E-state index in [0.29, 0.717) is 17.3 Å². The molecule has 1 N–H and O–H groups in total. The van der Waals surface area contributed by atoms with Crippen molar-refractivity contribution in [2.75, 3.05) is 19.6 Å². The summed E-state index contributed by atoms with van der Waals surface area (Å²) in [6.45, 7) is 2.05. The molecule has 3 aromatic rings. The summed E-state index contributed by atoms with van der Waals surface area (Å²) in [7, 11) is 3.24. The van der Waals surface area contributed by atoms with Gasteiger partial charge in [-0.1, -0.05) is 31.2 Å². The molecule has 0 fully saturated rings. The van der Waals surface area contributed by atoms with Gasteiger partial charge in [0.15, 0.2) is 17.3 Å². The van der Waals surface area contributed by atoms with Crippen LogP contribution in [0.15, 0.2) is 53.8 Å². The lowest BCUT2D eigenvalue weighted by atomic mass is 10.1. The summed E-state index contributed by atoms with van der Waals surface area (Å²) in [5, 5.41) is 14.7. The van der Waals surface area contributed by atoms with Crippen LogP contribution in [0.2, 0.25) is 0 Å². The second kappa shape index (κ2) is 7.61. The maximum absolute atomic E-state index is 5.37. The lowest BCUT2D eigenvalue weighted by Crippen LogP contribution is -2.05. The van der Waals surface area contributed by atoms with Crippen molar-refractivity contribution in [1.29, 1.82) is 0 Å². The zero-order chi connectivity index (χ0) is 17.6. The molecule has 1 aromatic heterocycles. The first-order valence-corrected chi connectivity index (χ1v) is 8.02. The Labute approximate surface area is 146 Å². The molecule has 0 bridgehead atoms. The van der Waals surface area contributed by atoms with Gasteiger partial charge in [-0.15, -0.1) is 5.10 Å². The fraction of sp³-hybridized carbons (Fsp3) is 0.211. The molecule has 0 saturated carbocycles. The highest BCUT2D eigenvalue weighted by atomic mass is 16.5. The fourth-order valence-electron chi connectivity index (χ4n) is 2.59. The minimum Gasteiger partial charge on any atom is -0.493 e. The first kappa shape index (κ1) is 16.7. The van der Waals surface area contributed by atoms with Gasteiger partial charge in [0.1, 0.15) is 0 Å². The molecule has 0 spiro atoms. The first-order valence-electron chi connectivity index (χ1n) is 8.02. The number of rotatable bonds is 6. The third-order valence-electron chi connectivity index (χ3n) is 3.92. The number of methoxy groups -OCH3 is 2. The topological polar surface area (TPSA) is 68.6 Å². The lowest BCUT2D eigenvalue weighted by Gasteiger charge is -2.11. The van der Waals surface area contributed by atoms with Crippen LogP contribution in [0.4, 0.5) is 5.82 Å². The molecule has 6 nitrogen and oxygen atoms in total. The molecule has 128 valence electrons. The lowest BCUT2D eigenvalue weighted by molar-refractivity contribution is 0.355. The molecule has 25 heavy (non-hydrogen) atoms. The Morgan fingerprint density at radius 1 is 1.08 bits per heavy atom. The number of anilines is 1. The average Bonchev–Trinajstić information content (AvgIpc) is 2.68. The van der Waals surface area contributed by atoms with E-state index >= 15 is 0 Å². The van der Waals surface area contributed by atoms with E-state index in [4.69, 9.17) is 9.47 Å². The van der Waals surface area contributed by atoms with E-state index in [1.54, 1.807) is 20.4 Å². The predicted octanol–water partition coefficient (Wildman–Crippen LogP) is 3.87. The summed E-state index contributed by atoms with van der Waals surface area (Å²) in [6, 6.07) is 13.7. The van der Waals surface area contributed by atoms with Gasteiger partial charge in [0.2, 0.25) is 0 Å². The van der Waals surface area contributed by atoms with E-state index in [1.807, 2.05) is 49.4 Å². The standard InChI is InChI=1S/C19H20N4O2/c1-4-16(13-9-10-17(24-2)18(11-13)25-3)21-23-19-15-8-6-5-7-14(15)12-20-22-19/h5-12H,4H2,1-3H3,(H,22,23)/b21-16+. The molecule has 1 heterocycles. The average molecular weight is 336 g/mol. The highest BCUT2D eigenvalue weighted by molar-refractivity contribution is 6.01. The monoisotopic (exact) mass is 336 g/mol. The summed E-state index contributed by atoms with van der Waals surface area (Å²) >= 11 is 0. The van der Waals surface area contributed by atoms with Crippen molar-refractivity contribution in [2.45, 2.75) is 13.3 Å². The van der Waals surface area contributed by atoms with Crippen molar-refractivity contribution in [2.24, 2.45) is 5.10 Å². The molecule has 0 amide bonds. The largest absolute Gasteiger partial charge is 0.493 e. The Morgan fingerprint density at radius 2 is 1.88 bits per heavy atom. The number of benzene rings is 2. The smallest absolute Gasteiger partial charge is 0.176 e. The number of ether oxygens (including phenoxy) is 2. The Kier molecular flexibility index (Phi) is 5.09. The van der Waals surface area contributed by atoms with Gasteiger partial charge >= 0.3 is 0 Å². The summed E-state index contributed by atoms with van der Waals surface area (Å²) in [5.74, 6) is 1.99. The second-order valence-corrected chi connectivity index (χ2v) is 5.37. The van der Waals surface area contributed by atoms with Crippen LogP contribution in [0.3, 0.4) is 0 Å². The molecule has 0 saturated heterocycles. The molecular formula is C19H20N4O2. The van der Waals surface area contributed by atoms with Crippen LogP contribution < -0.4 is 14.9 Å². The Balaban J connectivity index is 1.93.